The number of carbonyl (C=O) groups is 1. The van der Waals surface area contributed by atoms with E-state index in [0.717, 1.165) is 29.9 Å². The minimum Gasteiger partial charge on any atom is -0.454 e. The molecule has 27 heavy (non-hydrogen) atoms. The Morgan fingerprint density at radius 1 is 1.15 bits per heavy atom. The van der Waals surface area contributed by atoms with Crippen LogP contribution in [0.3, 0.4) is 0 Å². The average molecular weight is 366 g/mol. The van der Waals surface area contributed by atoms with Crippen LogP contribution in [0.25, 0.3) is 11.0 Å². The smallest absolute Gasteiger partial charge is 0.251 e. The maximum absolute atomic E-state index is 12.3. The quantitative estimate of drug-likeness (QED) is 0.629. The highest BCUT2D eigenvalue weighted by atomic mass is 16.7. The number of aryl methyl sites for hydroxylation is 1. The summed E-state index contributed by atoms with van der Waals surface area (Å²) in [4.78, 5) is 17.0. The van der Waals surface area contributed by atoms with E-state index in [4.69, 9.17) is 9.47 Å². The lowest BCUT2D eigenvalue weighted by atomic mass is 10.2. The number of rotatable bonds is 7. The van der Waals surface area contributed by atoms with E-state index in [1.165, 1.54) is 0 Å². The van der Waals surface area contributed by atoms with Gasteiger partial charge in [0.1, 0.15) is 0 Å². The number of amides is 1. The fourth-order valence-electron chi connectivity index (χ4n) is 3.15. The number of aromatic nitrogens is 2. The first-order valence-electron chi connectivity index (χ1n) is 9.13. The summed E-state index contributed by atoms with van der Waals surface area (Å²) in [6.45, 7) is 4.31. The van der Waals surface area contributed by atoms with Gasteiger partial charge < -0.3 is 24.7 Å². The number of nitrogens with zero attached hydrogens (tertiary/aromatic N) is 2. The zero-order chi connectivity index (χ0) is 18.6. The van der Waals surface area contributed by atoms with Crippen LogP contribution in [0.15, 0.2) is 42.5 Å². The molecule has 0 saturated heterocycles. The minimum absolute atomic E-state index is 0.142. The lowest BCUT2D eigenvalue weighted by Gasteiger charge is -2.10. The van der Waals surface area contributed by atoms with Crippen LogP contribution in [0.1, 0.15) is 23.7 Å². The number of anilines is 1. The van der Waals surface area contributed by atoms with Gasteiger partial charge in [-0.15, -0.1) is 0 Å². The number of para-hydroxylation sites is 2. The third-order valence-electron chi connectivity index (χ3n) is 4.43. The van der Waals surface area contributed by atoms with E-state index >= 15 is 0 Å². The van der Waals surface area contributed by atoms with Crippen LogP contribution in [-0.2, 0) is 6.54 Å². The highest BCUT2D eigenvalue weighted by Gasteiger charge is 2.16. The summed E-state index contributed by atoms with van der Waals surface area (Å²) >= 11 is 0. The van der Waals surface area contributed by atoms with Crippen molar-refractivity contribution in [2.45, 2.75) is 19.9 Å². The van der Waals surface area contributed by atoms with Gasteiger partial charge in [0.15, 0.2) is 11.5 Å². The number of imidazole rings is 1. The Morgan fingerprint density at radius 3 is 2.89 bits per heavy atom. The Bertz CT molecular complexity index is 967. The van der Waals surface area contributed by atoms with Crippen molar-refractivity contribution in [2.24, 2.45) is 0 Å². The molecule has 1 aliphatic heterocycles. The highest BCUT2D eigenvalue weighted by molar-refractivity contribution is 5.95. The molecule has 1 aromatic heterocycles. The molecule has 0 radical (unpaired) electrons. The summed E-state index contributed by atoms with van der Waals surface area (Å²) in [5.74, 6) is 1.96. The number of fused-ring (bicyclic) bond motifs is 2. The van der Waals surface area contributed by atoms with Crippen LogP contribution in [0, 0.1) is 0 Å². The molecule has 2 aromatic carbocycles. The lowest BCUT2D eigenvalue weighted by Crippen LogP contribution is -2.29. The number of carbonyl (C=O) groups excluding carboxylic acids is 1. The molecule has 0 atom stereocenters. The van der Waals surface area contributed by atoms with Gasteiger partial charge in [0.2, 0.25) is 12.7 Å². The molecule has 4 rings (SSSR count). The Balaban J connectivity index is 1.35. The van der Waals surface area contributed by atoms with Crippen LogP contribution in [-0.4, -0.2) is 35.3 Å². The Labute approximate surface area is 157 Å². The fraction of sp³-hybridized carbons (Fsp3) is 0.300. The van der Waals surface area contributed by atoms with Gasteiger partial charge in [-0.25, -0.2) is 4.98 Å². The van der Waals surface area contributed by atoms with Gasteiger partial charge >= 0.3 is 0 Å². The van der Waals surface area contributed by atoms with E-state index in [1.54, 1.807) is 18.2 Å². The first kappa shape index (κ1) is 17.2. The second kappa shape index (κ2) is 7.57. The first-order valence-corrected chi connectivity index (χ1v) is 9.13. The van der Waals surface area contributed by atoms with Gasteiger partial charge in [0.25, 0.3) is 5.91 Å². The molecule has 0 saturated carbocycles. The summed E-state index contributed by atoms with van der Waals surface area (Å²) in [6, 6.07) is 13.3. The summed E-state index contributed by atoms with van der Waals surface area (Å²) in [6.07, 6.45) is 1.02. The zero-order valence-corrected chi connectivity index (χ0v) is 15.2. The summed E-state index contributed by atoms with van der Waals surface area (Å²) in [5.41, 5.74) is 2.64. The Morgan fingerprint density at radius 2 is 2.00 bits per heavy atom. The van der Waals surface area contributed by atoms with Gasteiger partial charge in [-0.05, 0) is 36.8 Å². The van der Waals surface area contributed by atoms with Crippen LogP contribution < -0.4 is 20.1 Å². The van der Waals surface area contributed by atoms with Crippen LogP contribution in [0.4, 0.5) is 5.95 Å². The van der Waals surface area contributed by atoms with E-state index in [-0.39, 0.29) is 12.7 Å². The maximum Gasteiger partial charge on any atom is 0.251 e. The van der Waals surface area contributed by atoms with Crippen LogP contribution >= 0.6 is 0 Å². The van der Waals surface area contributed by atoms with Gasteiger partial charge in [0.05, 0.1) is 11.0 Å². The van der Waals surface area contributed by atoms with Gasteiger partial charge in [-0.1, -0.05) is 19.1 Å². The molecule has 0 bridgehead atoms. The minimum atomic E-state index is -0.142. The summed E-state index contributed by atoms with van der Waals surface area (Å²) < 4.78 is 12.8. The lowest BCUT2D eigenvalue weighted by molar-refractivity contribution is 0.0954. The number of hydrogen-bond donors (Lipinski definition) is 2. The fourth-order valence-corrected chi connectivity index (χ4v) is 3.15. The molecule has 0 fully saturated rings. The standard InChI is InChI=1S/C20H22N4O3/c1-2-11-24-16-6-4-3-5-15(16)23-20(24)22-10-9-21-19(25)14-7-8-17-18(12-14)27-13-26-17/h3-8,12H,2,9-11,13H2,1H3,(H,21,25)(H,22,23). The highest BCUT2D eigenvalue weighted by Crippen LogP contribution is 2.32. The van der Waals surface area contributed by atoms with E-state index in [1.807, 2.05) is 18.2 Å². The average Bonchev–Trinajstić information content (AvgIpc) is 3.29. The topological polar surface area (TPSA) is 77.4 Å². The molecule has 140 valence electrons. The predicted molar refractivity (Wildman–Crippen MR) is 103 cm³/mol. The number of benzene rings is 2. The van der Waals surface area contributed by atoms with Crippen molar-refractivity contribution in [3.63, 3.8) is 0 Å². The number of hydrogen-bond acceptors (Lipinski definition) is 5. The molecule has 0 aliphatic carbocycles. The van der Waals surface area contributed by atoms with Crippen molar-refractivity contribution in [3.05, 3.63) is 48.0 Å². The zero-order valence-electron chi connectivity index (χ0n) is 15.2. The molecule has 2 N–H and O–H groups in total. The molecular weight excluding hydrogens is 344 g/mol. The van der Waals surface area contributed by atoms with E-state index < -0.39 is 0 Å². The van der Waals surface area contributed by atoms with Crippen molar-refractivity contribution in [1.29, 1.82) is 0 Å². The molecule has 0 spiro atoms. The largest absolute Gasteiger partial charge is 0.454 e. The van der Waals surface area contributed by atoms with Gasteiger partial charge in [0, 0.05) is 25.2 Å². The Hall–Kier alpha value is -3.22. The third kappa shape index (κ3) is 3.53. The second-order valence-electron chi connectivity index (χ2n) is 6.33. The monoisotopic (exact) mass is 366 g/mol. The first-order chi connectivity index (χ1) is 13.3. The summed E-state index contributed by atoms with van der Waals surface area (Å²) in [5, 5.41) is 6.24. The van der Waals surface area contributed by atoms with Crippen LogP contribution in [0.5, 0.6) is 11.5 Å². The molecule has 7 nitrogen and oxygen atoms in total. The van der Waals surface area contributed by atoms with Crippen molar-refractivity contribution in [1.82, 2.24) is 14.9 Å². The summed E-state index contributed by atoms with van der Waals surface area (Å²) in [7, 11) is 0. The molecule has 3 aromatic rings. The molecule has 1 amide bonds. The normalized spacial score (nSPS) is 12.3. The Kier molecular flexibility index (Phi) is 4.82. The van der Waals surface area contributed by atoms with Crippen molar-refractivity contribution >= 4 is 22.9 Å². The second-order valence-corrected chi connectivity index (χ2v) is 6.33. The molecule has 1 aliphatic rings. The maximum atomic E-state index is 12.3. The van der Waals surface area contributed by atoms with Gasteiger partial charge in [-0.2, -0.15) is 0 Å². The van der Waals surface area contributed by atoms with Crippen LogP contribution in [0.2, 0.25) is 0 Å². The molecule has 0 unspecified atom stereocenters. The van der Waals surface area contributed by atoms with Gasteiger partial charge in [-0.3, -0.25) is 4.79 Å². The molecule has 2 heterocycles. The van der Waals surface area contributed by atoms with E-state index in [9.17, 15) is 4.79 Å². The van der Waals surface area contributed by atoms with Crippen molar-refractivity contribution in [3.8, 4) is 11.5 Å². The molecular formula is C20H22N4O3. The third-order valence-corrected chi connectivity index (χ3v) is 4.43. The van der Waals surface area contributed by atoms with E-state index in [0.29, 0.717) is 30.2 Å². The van der Waals surface area contributed by atoms with Crippen molar-refractivity contribution < 1.29 is 14.3 Å². The number of nitrogens with one attached hydrogen (secondary N) is 2. The predicted octanol–water partition coefficient (Wildman–Crippen LogP) is 3.02. The van der Waals surface area contributed by atoms with Crippen molar-refractivity contribution in [2.75, 3.05) is 25.2 Å². The number of ether oxygens (including phenoxy) is 2. The SMILES string of the molecule is CCCn1c(NCCNC(=O)c2ccc3c(c2)OCO3)nc2ccccc21. The van der Waals surface area contributed by atoms with E-state index in [2.05, 4.69) is 33.2 Å². The molecule has 7 heteroatoms.